The molecule has 1 aromatic heterocycles. The van der Waals surface area contributed by atoms with E-state index >= 15 is 0 Å². The van der Waals surface area contributed by atoms with E-state index in [1.807, 2.05) is 11.3 Å². The number of anilines is 1. The molecule has 0 radical (unpaired) electrons. The Morgan fingerprint density at radius 1 is 1.19 bits per heavy atom. The average molecular weight is 298 g/mol. The van der Waals surface area contributed by atoms with Crippen LogP contribution in [0.3, 0.4) is 0 Å². The number of thiophene rings is 1. The van der Waals surface area contributed by atoms with Gasteiger partial charge in [0.15, 0.2) is 0 Å². The molecule has 2 nitrogen and oxygen atoms in total. The molecule has 2 unspecified atom stereocenters. The van der Waals surface area contributed by atoms with Crippen LogP contribution in [0, 0.1) is 5.92 Å². The highest BCUT2D eigenvalue weighted by molar-refractivity contribution is 7.10. The third-order valence-corrected chi connectivity index (χ3v) is 5.80. The summed E-state index contributed by atoms with van der Waals surface area (Å²) in [6.45, 7) is 1.91. The van der Waals surface area contributed by atoms with E-state index in [2.05, 4.69) is 46.7 Å². The van der Waals surface area contributed by atoms with Crippen LogP contribution >= 0.6 is 11.3 Å². The van der Waals surface area contributed by atoms with Crippen molar-refractivity contribution >= 4 is 17.0 Å². The van der Waals surface area contributed by atoms with Gasteiger partial charge in [-0.1, -0.05) is 24.3 Å². The molecule has 3 heteroatoms. The van der Waals surface area contributed by atoms with Crippen LogP contribution in [0.15, 0.2) is 41.8 Å². The van der Waals surface area contributed by atoms with Gasteiger partial charge >= 0.3 is 0 Å². The van der Waals surface area contributed by atoms with Gasteiger partial charge in [-0.2, -0.15) is 0 Å². The van der Waals surface area contributed by atoms with E-state index in [-0.39, 0.29) is 0 Å². The van der Waals surface area contributed by atoms with Gasteiger partial charge in [0.25, 0.3) is 0 Å². The first-order valence-corrected chi connectivity index (χ1v) is 8.85. The summed E-state index contributed by atoms with van der Waals surface area (Å²) in [5.41, 5.74) is 8.79. The number of nitrogens with zero attached hydrogens (tertiary/aromatic N) is 1. The summed E-state index contributed by atoms with van der Waals surface area (Å²) in [5, 5.41) is 2.21. The van der Waals surface area contributed by atoms with Crippen LogP contribution in [0.1, 0.15) is 41.7 Å². The fourth-order valence-electron chi connectivity index (χ4n) is 3.75. The summed E-state index contributed by atoms with van der Waals surface area (Å²) in [6.07, 6.45) is 3.85. The highest BCUT2D eigenvalue weighted by Gasteiger charge is 2.41. The summed E-state index contributed by atoms with van der Waals surface area (Å²) in [6, 6.07) is 14.0. The Bertz CT molecular complexity index is 603. The zero-order chi connectivity index (χ0) is 14.2. The van der Waals surface area contributed by atoms with Crippen molar-refractivity contribution in [2.24, 2.45) is 11.7 Å². The predicted molar refractivity (Wildman–Crippen MR) is 90.0 cm³/mol. The normalized spacial score (nSPS) is 22.3. The van der Waals surface area contributed by atoms with E-state index in [0.29, 0.717) is 12.0 Å². The second kappa shape index (κ2) is 5.47. The number of hydrogen-bond acceptors (Lipinski definition) is 3. The molecule has 2 N–H and O–H groups in total. The summed E-state index contributed by atoms with van der Waals surface area (Å²) in [4.78, 5) is 4.19. The fraction of sp³-hybridized carbons (Fsp3) is 0.444. The summed E-state index contributed by atoms with van der Waals surface area (Å²) in [5.74, 6) is 1.45. The Kier molecular flexibility index (Phi) is 3.48. The average Bonchev–Trinajstić information content (AvgIpc) is 3.07. The summed E-state index contributed by atoms with van der Waals surface area (Å²) >= 11 is 1.91. The van der Waals surface area contributed by atoms with Crippen molar-refractivity contribution in [1.29, 1.82) is 0 Å². The van der Waals surface area contributed by atoms with Crippen molar-refractivity contribution in [3.8, 4) is 0 Å². The van der Waals surface area contributed by atoms with Gasteiger partial charge in [-0.15, -0.1) is 11.3 Å². The van der Waals surface area contributed by atoms with Gasteiger partial charge in [0.2, 0.25) is 0 Å². The van der Waals surface area contributed by atoms with Crippen LogP contribution < -0.4 is 10.6 Å². The van der Waals surface area contributed by atoms with Gasteiger partial charge in [0.05, 0.1) is 6.04 Å². The minimum Gasteiger partial charge on any atom is -0.363 e. The molecular weight excluding hydrogens is 276 g/mol. The Morgan fingerprint density at radius 3 is 2.76 bits per heavy atom. The van der Waals surface area contributed by atoms with Gasteiger partial charge in [-0.3, -0.25) is 0 Å². The first-order valence-electron chi connectivity index (χ1n) is 7.97. The molecule has 2 aliphatic rings. The molecular formula is C18H22N2S. The Balaban J connectivity index is 1.71. The van der Waals surface area contributed by atoms with Gasteiger partial charge in [-0.25, -0.2) is 0 Å². The maximum atomic E-state index is 5.84. The molecule has 1 saturated carbocycles. The van der Waals surface area contributed by atoms with E-state index in [1.165, 1.54) is 29.0 Å². The number of rotatable bonds is 5. The van der Waals surface area contributed by atoms with Crippen LogP contribution in [0.4, 0.5) is 5.69 Å². The number of benzene rings is 1. The predicted octanol–water partition coefficient (Wildman–Crippen LogP) is 4.15. The Morgan fingerprint density at radius 2 is 2.05 bits per heavy atom. The van der Waals surface area contributed by atoms with Gasteiger partial charge < -0.3 is 10.6 Å². The van der Waals surface area contributed by atoms with E-state index < -0.39 is 0 Å². The topological polar surface area (TPSA) is 29.3 Å². The number of hydrogen-bond donors (Lipinski definition) is 1. The molecule has 1 aliphatic carbocycles. The van der Waals surface area contributed by atoms with Crippen LogP contribution in [-0.2, 0) is 0 Å². The fourth-order valence-corrected chi connectivity index (χ4v) is 4.68. The first kappa shape index (κ1) is 13.4. The van der Waals surface area contributed by atoms with Crippen molar-refractivity contribution < 1.29 is 0 Å². The van der Waals surface area contributed by atoms with Crippen LogP contribution in [0.5, 0.6) is 0 Å². The lowest BCUT2D eigenvalue weighted by atomic mass is 9.98. The third kappa shape index (κ3) is 2.39. The van der Waals surface area contributed by atoms with E-state index in [0.717, 1.165) is 25.4 Å². The minimum absolute atomic E-state index is 0.578. The molecule has 4 rings (SSSR count). The molecule has 1 aromatic carbocycles. The van der Waals surface area contributed by atoms with E-state index in [9.17, 15) is 0 Å². The Labute approximate surface area is 130 Å². The lowest BCUT2D eigenvalue weighted by molar-refractivity contribution is 0.546. The molecule has 1 aliphatic heterocycles. The summed E-state index contributed by atoms with van der Waals surface area (Å²) in [7, 11) is 0. The molecule has 1 fully saturated rings. The van der Waals surface area contributed by atoms with Crippen LogP contribution in [0.25, 0.3) is 0 Å². The molecule has 0 saturated heterocycles. The zero-order valence-electron chi connectivity index (χ0n) is 12.2. The second-order valence-electron chi connectivity index (χ2n) is 6.28. The highest BCUT2D eigenvalue weighted by atomic mass is 32.1. The lowest BCUT2D eigenvalue weighted by Gasteiger charge is -2.30. The third-order valence-electron chi connectivity index (χ3n) is 4.86. The maximum Gasteiger partial charge on any atom is 0.0663 e. The van der Waals surface area contributed by atoms with Gasteiger partial charge in [0, 0.05) is 23.0 Å². The van der Waals surface area contributed by atoms with Gasteiger partial charge in [-0.05, 0) is 54.8 Å². The number of para-hydroxylation sites is 1. The van der Waals surface area contributed by atoms with Crippen molar-refractivity contribution in [2.45, 2.75) is 31.2 Å². The summed E-state index contributed by atoms with van der Waals surface area (Å²) < 4.78 is 0. The van der Waals surface area contributed by atoms with E-state index in [4.69, 9.17) is 5.73 Å². The maximum absolute atomic E-state index is 5.84. The van der Waals surface area contributed by atoms with Crippen molar-refractivity contribution in [2.75, 3.05) is 18.0 Å². The van der Waals surface area contributed by atoms with Gasteiger partial charge in [0.1, 0.15) is 0 Å². The molecule has 0 amide bonds. The molecule has 2 atom stereocenters. The van der Waals surface area contributed by atoms with Crippen LogP contribution in [0.2, 0.25) is 0 Å². The SMILES string of the molecule is NCCC1CN(C(c2cccs2)C2CC2)c2ccccc21. The molecule has 21 heavy (non-hydrogen) atoms. The Hall–Kier alpha value is -1.32. The number of nitrogens with two attached hydrogens (primary N) is 1. The monoisotopic (exact) mass is 298 g/mol. The first-order chi connectivity index (χ1) is 10.4. The quantitative estimate of drug-likeness (QED) is 0.898. The zero-order valence-corrected chi connectivity index (χ0v) is 13.1. The van der Waals surface area contributed by atoms with Crippen LogP contribution in [-0.4, -0.2) is 13.1 Å². The highest BCUT2D eigenvalue weighted by Crippen LogP contribution is 2.51. The largest absolute Gasteiger partial charge is 0.363 e. The molecule has 2 aromatic rings. The lowest BCUT2D eigenvalue weighted by Crippen LogP contribution is -2.29. The molecule has 0 bridgehead atoms. The molecule has 2 heterocycles. The van der Waals surface area contributed by atoms with Crippen molar-refractivity contribution in [3.05, 3.63) is 52.2 Å². The molecule has 0 spiro atoms. The minimum atomic E-state index is 0.578. The van der Waals surface area contributed by atoms with Crippen molar-refractivity contribution in [1.82, 2.24) is 0 Å². The van der Waals surface area contributed by atoms with E-state index in [1.54, 1.807) is 0 Å². The standard InChI is InChI=1S/C18H22N2S/c19-10-9-14-12-20(16-5-2-1-4-15(14)16)18(13-7-8-13)17-6-3-11-21-17/h1-6,11,13-14,18H,7-10,12,19H2. The smallest absolute Gasteiger partial charge is 0.0663 e. The number of fused-ring (bicyclic) bond motifs is 1. The van der Waals surface area contributed by atoms with Crippen molar-refractivity contribution in [3.63, 3.8) is 0 Å². The second-order valence-corrected chi connectivity index (χ2v) is 7.26. The molecule has 110 valence electrons.